The summed E-state index contributed by atoms with van der Waals surface area (Å²) in [4.78, 5) is 2.21. The molecule has 1 N–H and O–H groups in total. The molecular formula is C18H27N3O. The van der Waals surface area contributed by atoms with Crippen LogP contribution in [-0.4, -0.2) is 31.3 Å². The van der Waals surface area contributed by atoms with E-state index in [0.717, 1.165) is 32.0 Å². The van der Waals surface area contributed by atoms with Crippen molar-refractivity contribution in [1.29, 1.82) is 0 Å². The highest BCUT2D eigenvalue weighted by Gasteiger charge is 2.11. The monoisotopic (exact) mass is 301 g/mol. The lowest BCUT2D eigenvalue weighted by molar-refractivity contribution is 0.417. The summed E-state index contributed by atoms with van der Waals surface area (Å²) in [6, 6.07) is 1.89. The lowest BCUT2D eigenvalue weighted by Crippen LogP contribution is -2.43. The predicted molar refractivity (Wildman–Crippen MR) is 94.9 cm³/mol. The van der Waals surface area contributed by atoms with Crippen LogP contribution in [0.5, 0.6) is 0 Å². The van der Waals surface area contributed by atoms with Crippen LogP contribution in [0.25, 0.3) is 0 Å². The van der Waals surface area contributed by atoms with Gasteiger partial charge >= 0.3 is 0 Å². The summed E-state index contributed by atoms with van der Waals surface area (Å²) in [5.74, 6) is 0.950. The van der Waals surface area contributed by atoms with Gasteiger partial charge in [-0.05, 0) is 20.8 Å². The summed E-state index contributed by atoms with van der Waals surface area (Å²) in [5, 5.41) is 7.14. The Kier molecular flexibility index (Phi) is 12.3. The number of aromatic nitrogens is 1. The van der Waals surface area contributed by atoms with Crippen LogP contribution in [0.2, 0.25) is 0 Å². The molecule has 2 heterocycles. The fourth-order valence-corrected chi connectivity index (χ4v) is 1.69. The molecule has 1 aliphatic rings. The van der Waals surface area contributed by atoms with Crippen LogP contribution in [0, 0.1) is 12.8 Å². The standard InChI is InChI=1S/C9H14.C7H11N3O.C2H2/c1-4-5-6-7-8-9(2)3;1-6-11-9-7(1)10-4-2-8-3-5-10;1-2/h4-8H,1-3H3;1,6,8H,2-5H2;1-2H/b5-4-,7-6-;;. The zero-order valence-corrected chi connectivity index (χ0v) is 13.8. The highest BCUT2D eigenvalue weighted by molar-refractivity contribution is 5.36. The lowest BCUT2D eigenvalue weighted by Gasteiger charge is -2.26. The molecule has 1 saturated heterocycles. The minimum absolute atomic E-state index is 0.950. The van der Waals surface area contributed by atoms with E-state index in [4.69, 9.17) is 4.52 Å². The molecule has 0 spiro atoms. The largest absolute Gasteiger partial charge is 0.363 e. The van der Waals surface area contributed by atoms with Gasteiger partial charge in [0.25, 0.3) is 0 Å². The van der Waals surface area contributed by atoms with Gasteiger partial charge in [0.15, 0.2) is 5.82 Å². The van der Waals surface area contributed by atoms with E-state index in [9.17, 15) is 0 Å². The van der Waals surface area contributed by atoms with Crippen LogP contribution in [-0.2, 0) is 0 Å². The van der Waals surface area contributed by atoms with E-state index >= 15 is 0 Å². The number of anilines is 1. The van der Waals surface area contributed by atoms with Crippen molar-refractivity contribution in [2.24, 2.45) is 0 Å². The summed E-state index contributed by atoms with van der Waals surface area (Å²) in [6.45, 7) is 10.3. The fraction of sp³-hybridized carbons (Fsp3) is 0.389. The second-order valence-electron chi connectivity index (χ2n) is 4.75. The topological polar surface area (TPSA) is 41.3 Å². The molecule has 4 nitrogen and oxygen atoms in total. The number of nitrogens with zero attached hydrogens (tertiary/aromatic N) is 2. The Morgan fingerprint density at radius 1 is 1.23 bits per heavy atom. The van der Waals surface area contributed by atoms with Crippen LogP contribution >= 0.6 is 0 Å². The molecule has 0 amide bonds. The first-order valence-corrected chi connectivity index (χ1v) is 7.36. The Bertz CT molecular complexity index is 460. The maximum absolute atomic E-state index is 4.76. The summed E-state index contributed by atoms with van der Waals surface area (Å²) in [7, 11) is 0. The van der Waals surface area contributed by atoms with Crippen LogP contribution in [0.4, 0.5) is 5.82 Å². The fourth-order valence-electron chi connectivity index (χ4n) is 1.69. The van der Waals surface area contributed by atoms with Crippen molar-refractivity contribution < 1.29 is 4.52 Å². The van der Waals surface area contributed by atoms with Gasteiger partial charge in [-0.15, -0.1) is 12.8 Å². The first kappa shape index (κ1) is 19.8. The first-order valence-electron chi connectivity index (χ1n) is 7.36. The Balaban J connectivity index is 0.000000369. The molecule has 0 atom stereocenters. The van der Waals surface area contributed by atoms with Gasteiger partial charge in [0, 0.05) is 32.2 Å². The Morgan fingerprint density at radius 2 is 1.91 bits per heavy atom. The summed E-state index contributed by atoms with van der Waals surface area (Å²) in [6.07, 6.45) is 19.8. The van der Waals surface area contributed by atoms with Gasteiger partial charge in [0.1, 0.15) is 6.26 Å². The van der Waals surface area contributed by atoms with Crippen LogP contribution in [0.1, 0.15) is 20.8 Å². The molecule has 0 aliphatic carbocycles. The van der Waals surface area contributed by atoms with E-state index in [-0.39, 0.29) is 0 Å². The molecule has 0 saturated carbocycles. The van der Waals surface area contributed by atoms with Crippen molar-refractivity contribution in [3.8, 4) is 12.8 Å². The molecule has 1 aromatic rings. The average Bonchev–Trinajstić information content (AvgIpc) is 3.09. The molecule has 1 aliphatic heterocycles. The van der Waals surface area contributed by atoms with Crippen LogP contribution < -0.4 is 10.2 Å². The number of allylic oxidation sites excluding steroid dienone is 6. The van der Waals surface area contributed by atoms with Crippen molar-refractivity contribution >= 4 is 5.82 Å². The van der Waals surface area contributed by atoms with Gasteiger partial charge in [0.05, 0.1) is 0 Å². The molecule has 1 aromatic heterocycles. The summed E-state index contributed by atoms with van der Waals surface area (Å²) >= 11 is 0. The molecule has 4 heteroatoms. The van der Waals surface area contributed by atoms with Crippen molar-refractivity contribution in [3.63, 3.8) is 0 Å². The number of hydrogen-bond donors (Lipinski definition) is 1. The Morgan fingerprint density at radius 3 is 2.41 bits per heavy atom. The second-order valence-corrected chi connectivity index (χ2v) is 4.75. The second kappa shape index (κ2) is 13.7. The van der Waals surface area contributed by atoms with Gasteiger partial charge in [-0.25, -0.2) is 0 Å². The van der Waals surface area contributed by atoms with Crippen LogP contribution in [0.15, 0.2) is 52.8 Å². The predicted octanol–water partition coefficient (Wildman–Crippen LogP) is 3.42. The molecule has 2 rings (SSSR count). The Labute approximate surface area is 134 Å². The van der Waals surface area contributed by atoms with E-state index in [0.29, 0.717) is 0 Å². The van der Waals surface area contributed by atoms with E-state index in [2.05, 4.69) is 48.1 Å². The van der Waals surface area contributed by atoms with Gasteiger partial charge in [-0.2, -0.15) is 0 Å². The number of rotatable bonds is 3. The first-order chi connectivity index (χ1) is 10.7. The van der Waals surface area contributed by atoms with Crippen LogP contribution in [0.3, 0.4) is 0 Å². The highest BCUT2D eigenvalue weighted by atomic mass is 16.5. The van der Waals surface area contributed by atoms with Gasteiger partial charge in [-0.1, -0.05) is 41.1 Å². The maximum atomic E-state index is 4.76. The average molecular weight is 301 g/mol. The van der Waals surface area contributed by atoms with Gasteiger partial charge in [-0.3, -0.25) is 0 Å². The third-order valence-corrected chi connectivity index (χ3v) is 2.71. The third-order valence-electron chi connectivity index (χ3n) is 2.71. The van der Waals surface area contributed by atoms with Crippen molar-refractivity contribution in [2.75, 3.05) is 31.1 Å². The van der Waals surface area contributed by atoms with E-state index in [1.54, 1.807) is 6.26 Å². The maximum Gasteiger partial charge on any atom is 0.172 e. The summed E-state index contributed by atoms with van der Waals surface area (Å²) < 4.78 is 4.76. The molecule has 0 bridgehead atoms. The molecule has 1 fully saturated rings. The zero-order chi connectivity index (χ0) is 16.6. The number of piperazine rings is 1. The van der Waals surface area contributed by atoms with Gasteiger partial charge in [0.2, 0.25) is 0 Å². The number of hydrogen-bond acceptors (Lipinski definition) is 4. The van der Waals surface area contributed by atoms with Crippen molar-refractivity contribution in [3.05, 3.63) is 48.3 Å². The minimum Gasteiger partial charge on any atom is -0.363 e. The molecule has 0 radical (unpaired) electrons. The minimum atomic E-state index is 0.950. The normalized spacial score (nSPS) is 14.0. The quantitative estimate of drug-likeness (QED) is 0.686. The van der Waals surface area contributed by atoms with E-state index in [1.807, 2.05) is 37.3 Å². The van der Waals surface area contributed by atoms with Crippen molar-refractivity contribution in [2.45, 2.75) is 20.8 Å². The zero-order valence-electron chi connectivity index (χ0n) is 13.8. The molecular weight excluding hydrogens is 274 g/mol. The molecule has 0 unspecified atom stereocenters. The van der Waals surface area contributed by atoms with Gasteiger partial charge < -0.3 is 14.7 Å². The third kappa shape index (κ3) is 9.62. The smallest absolute Gasteiger partial charge is 0.172 e. The van der Waals surface area contributed by atoms with E-state index in [1.165, 1.54) is 5.57 Å². The number of nitrogens with one attached hydrogen (secondary N) is 1. The highest BCUT2D eigenvalue weighted by Crippen LogP contribution is 2.09. The molecule has 0 aromatic carbocycles. The Hall–Kier alpha value is -2.25. The lowest BCUT2D eigenvalue weighted by atomic mass is 10.3. The SMILES string of the molecule is C#C.C/C=C\C=C/C=C(C)C.c1cc(N2CCNCC2)no1. The molecule has 120 valence electrons. The van der Waals surface area contributed by atoms with Crippen molar-refractivity contribution in [1.82, 2.24) is 10.5 Å². The molecule has 22 heavy (non-hydrogen) atoms. The summed E-state index contributed by atoms with van der Waals surface area (Å²) in [5.41, 5.74) is 1.33. The number of terminal acetylenes is 1. The van der Waals surface area contributed by atoms with E-state index < -0.39 is 0 Å².